The third kappa shape index (κ3) is 5.46. The van der Waals surface area contributed by atoms with E-state index in [0.717, 1.165) is 5.56 Å². The molecule has 0 radical (unpaired) electrons. The number of nitrogens with zero attached hydrogens (tertiary/aromatic N) is 1. The predicted molar refractivity (Wildman–Crippen MR) is 109 cm³/mol. The fraction of sp³-hybridized carbons (Fsp3) is 0.333. The van der Waals surface area contributed by atoms with Crippen LogP contribution in [0.2, 0.25) is 10.0 Å². The summed E-state index contributed by atoms with van der Waals surface area (Å²) < 4.78 is 6.99. The van der Waals surface area contributed by atoms with Crippen molar-refractivity contribution < 1.29 is 9.53 Å². The summed E-state index contributed by atoms with van der Waals surface area (Å²) in [6, 6.07) is 7.77. The number of halogens is 3. The molecule has 2 heterocycles. The van der Waals surface area contributed by atoms with Crippen molar-refractivity contribution >= 4 is 47.2 Å². The first-order valence-electron chi connectivity index (χ1n) is 8.24. The molecular weight excluding hydrogens is 413 g/mol. The molecule has 0 unspecified atom stereocenters. The number of nitrogens with one attached hydrogen (secondary N) is 2. The normalized spacial score (nSPS) is 19.2. The molecule has 146 valence electrons. The highest BCUT2D eigenvalue weighted by molar-refractivity contribution is 6.42. The van der Waals surface area contributed by atoms with E-state index in [-0.39, 0.29) is 30.0 Å². The third-order valence-corrected chi connectivity index (χ3v) is 4.93. The summed E-state index contributed by atoms with van der Waals surface area (Å²) in [5.41, 5.74) is 1.19. The van der Waals surface area contributed by atoms with Gasteiger partial charge >= 0.3 is 0 Å². The Labute approximate surface area is 173 Å². The van der Waals surface area contributed by atoms with E-state index >= 15 is 0 Å². The second kappa shape index (κ2) is 9.57. The molecule has 3 rings (SSSR count). The molecule has 2 N–H and O–H groups in total. The Bertz CT molecular complexity index is 872. The van der Waals surface area contributed by atoms with E-state index in [4.69, 9.17) is 27.9 Å². The fourth-order valence-electron chi connectivity index (χ4n) is 2.81. The average Bonchev–Trinajstić information content (AvgIpc) is 2.61. The fourth-order valence-corrected chi connectivity index (χ4v) is 3.13. The molecule has 1 aliphatic heterocycles. The van der Waals surface area contributed by atoms with Crippen LogP contribution >= 0.6 is 35.6 Å². The largest absolute Gasteiger partial charge is 0.375 e. The minimum atomic E-state index is -0.431. The van der Waals surface area contributed by atoms with Crippen LogP contribution in [0.3, 0.4) is 0 Å². The van der Waals surface area contributed by atoms with Crippen LogP contribution in [0, 0.1) is 0 Å². The molecule has 0 bridgehead atoms. The molecule has 1 aliphatic rings. The van der Waals surface area contributed by atoms with Crippen molar-refractivity contribution in [3.05, 3.63) is 62.5 Å². The van der Waals surface area contributed by atoms with E-state index < -0.39 is 6.04 Å². The van der Waals surface area contributed by atoms with Gasteiger partial charge in [0.25, 0.3) is 5.56 Å². The minimum absolute atomic E-state index is 0. The Morgan fingerprint density at radius 2 is 2.07 bits per heavy atom. The van der Waals surface area contributed by atoms with Crippen LogP contribution in [0.5, 0.6) is 0 Å². The lowest BCUT2D eigenvalue weighted by molar-refractivity contribution is -0.123. The van der Waals surface area contributed by atoms with E-state index in [0.29, 0.717) is 35.4 Å². The highest BCUT2D eigenvalue weighted by Crippen LogP contribution is 2.23. The van der Waals surface area contributed by atoms with Gasteiger partial charge in [0.2, 0.25) is 5.91 Å². The number of anilines is 1. The first-order chi connectivity index (χ1) is 12.4. The first kappa shape index (κ1) is 21.7. The van der Waals surface area contributed by atoms with E-state index in [1.807, 2.05) is 6.92 Å². The van der Waals surface area contributed by atoms with Crippen LogP contribution in [0.1, 0.15) is 12.5 Å². The van der Waals surface area contributed by atoms with Gasteiger partial charge < -0.3 is 19.9 Å². The second-order valence-corrected chi connectivity index (χ2v) is 6.94. The summed E-state index contributed by atoms with van der Waals surface area (Å²) in [5.74, 6) is -0.197. The molecule has 1 aromatic heterocycles. The van der Waals surface area contributed by atoms with Gasteiger partial charge in [-0.05, 0) is 30.7 Å². The molecule has 0 aliphatic carbocycles. The van der Waals surface area contributed by atoms with Gasteiger partial charge in [-0.25, -0.2) is 0 Å². The van der Waals surface area contributed by atoms with Gasteiger partial charge in [0.05, 0.1) is 35.0 Å². The molecular formula is C18H20Cl3N3O3. The van der Waals surface area contributed by atoms with E-state index in [1.54, 1.807) is 30.5 Å². The Balaban J connectivity index is 0.00000261. The van der Waals surface area contributed by atoms with Crippen LogP contribution in [0.4, 0.5) is 5.69 Å². The van der Waals surface area contributed by atoms with Crippen molar-refractivity contribution in [3.8, 4) is 0 Å². The number of hydrogen-bond donors (Lipinski definition) is 2. The van der Waals surface area contributed by atoms with Gasteiger partial charge in [-0.2, -0.15) is 0 Å². The van der Waals surface area contributed by atoms with Crippen molar-refractivity contribution in [2.45, 2.75) is 25.6 Å². The maximum absolute atomic E-state index is 12.4. The van der Waals surface area contributed by atoms with Crippen molar-refractivity contribution in [2.75, 3.05) is 18.5 Å². The zero-order chi connectivity index (χ0) is 18.7. The molecule has 1 saturated heterocycles. The second-order valence-electron chi connectivity index (χ2n) is 6.13. The smallest absolute Gasteiger partial charge is 0.250 e. The highest BCUT2D eigenvalue weighted by atomic mass is 35.5. The molecule has 9 heteroatoms. The maximum atomic E-state index is 12.4. The van der Waals surface area contributed by atoms with Gasteiger partial charge in [0.1, 0.15) is 6.04 Å². The lowest BCUT2D eigenvalue weighted by atomic mass is 10.1. The highest BCUT2D eigenvalue weighted by Gasteiger charge is 2.28. The Morgan fingerprint density at radius 1 is 1.30 bits per heavy atom. The Hall–Kier alpha value is -1.57. The van der Waals surface area contributed by atoms with Gasteiger partial charge in [0, 0.05) is 18.8 Å². The molecule has 2 atom stereocenters. The van der Waals surface area contributed by atoms with Crippen LogP contribution < -0.4 is 16.2 Å². The molecule has 2 aromatic rings. The van der Waals surface area contributed by atoms with Crippen LogP contribution in [0.25, 0.3) is 0 Å². The summed E-state index contributed by atoms with van der Waals surface area (Å²) in [6.45, 7) is 3.38. The SMILES string of the molecule is C[C@H]1OCCN[C@@H]1C(=O)Nc1ccc(=O)n(Cc2ccc(Cl)c(Cl)c2)c1.Cl. The van der Waals surface area contributed by atoms with Crippen molar-refractivity contribution in [1.29, 1.82) is 0 Å². The molecule has 6 nitrogen and oxygen atoms in total. The lowest BCUT2D eigenvalue weighted by Crippen LogP contribution is -2.53. The molecule has 0 saturated carbocycles. The number of ether oxygens (including phenoxy) is 1. The number of amides is 1. The predicted octanol–water partition coefficient (Wildman–Crippen LogP) is 2.94. The maximum Gasteiger partial charge on any atom is 0.250 e. The van der Waals surface area contributed by atoms with Gasteiger partial charge in [0.15, 0.2) is 0 Å². The number of benzene rings is 1. The number of rotatable bonds is 4. The van der Waals surface area contributed by atoms with Crippen LogP contribution in [-0.2, 0) is 16.1 Å². The summed E-state index contributed by atoms with van der Waals surface area (Å²) in [6.07, 6.45) is 1.39. The summed E-state index contributed by atoms with van der Waals surface area (Å²) in [5, 5.41) is 6.85. The van der Waals surface area contributed by atoms with Gasteiger partial charge in [-0.1, -0.05) is 29.3 Å². The van der Waals surface area contributed by atoms with E-state index in [1.165, 1.54) is 10.6 Å². The number of morpholine rings is 1. The quantitative estimate of drug-likeness (QED) is 0.779. The monoisotopic (exact) mass is 431 g/mol. The summed E-state index contributed by atoms with van der Waals surface area (Å²) in [7, 11) is 0. The minimum Gasteiger partial charge on any atom is -0.375 e. The standard InChI is InChI=1S/C18H19Cl2N3O3.ClH/c1-11-17(21-6-7-26-11)18(25)22-13-3-5-16(24)23(10-13)9-12-2-4-14(19)15(20)8-12;/h2-5,8,10-11,17,21H,6-7,9H2,1H3,(H,22,25);1H/t11-,17+;/m1./s1. The van der Waals surface area contributed by atoms with Crippen molar-refractivity contribution in [2.24, 2.45) is 0 Å². The molecule has 1 aromatic carbocycles. The van der Waals surface area contributed by atoms with Crippen LogP contribution in [0.15, 0.2) is 41.3 Å². The zero-order valence-electron chi connectivity index (χ0n) is 14.6. The van der Waals surface area contributed by atoms with Crippen molar-refractivity contribution in [1.82, 2.24) is 9.88 Å². The number of carbonyl (C=O) groups is 1. The zero-order valence-corrected chi connectivity index (χ0v) is 16.9. The lowest BCUT2D eigenvalue weighted by Gasteiger charge is -2.29. The van der Waals surface area contributed by atoms with E-state index in [9.17, 15) is 9.59 Å². The third-order valence-electron chi connectivity index (χ3n) is 4.19. The first-order valence-corrected chi connectivity index (χ1v) is 9.00. The van der Waals surface area contributed by atoms with Gasteiger partial charge in [-0.3, -0.25) is 9.59 Å². The molecule has 1 fully saturated rings. The molecule has 0 spiro atoms. The number of pyridine rings is 1. The topological polar surface area (TPSA) is 72.4 Å². The van der Waals surface area contributed by atoms with Crippen molar-refractivity contribution in [3.63, 3.8) is 0 Å². The summed E-state index contributed by atoms with van der Waals surface area (Å²) >= 11 is 11.9. The van der Waals surface area contributed by atoms with Gasteiger partial charge in [-0.15, -0.1) is 12.4 Å². The molecule has 1 amide bonds. The van der Waals surface area contributed by atoms with E-state index in [2.05, 4.69) is 10.6 Å². The Morgan fingerprint density at radius 3 is 2.78 bits per heavy atom. The average molecular weight is 433 g/mol. The number of carbonyl (C=O) groups excluding carboxylic acids is 1. The number of hydrogen-bond acceptors (Lipinski definition) is 4. The van der Waals surface area contributed by atoms with Crippen LogP contribution in [-0.4, -0.2) is 35.8 Å². The summed E-state index contributed by atoms with van der Waals surface area (Å²) in [4.78, 5) is 24.6. The Kier molecular flexibility index (Phi) is 7.70. The molecule has 27 heavy (non-hydrogen) atoms. The number of aromatic nitrogens is 1.